The molecule has 0 bridgehead atoms. The summed E-state index contributed by atoms with van der Waals surface area (Å²) in [5.41, 5.74) is 2.61. The van der Waals surface area contributed by atoms with Gasteiger partial charge >= 0.3 is 0 Å². The quantitative estimate of drug-likeness (QED) is 0.207. The lowest BCUT2D eigenvalue weighted by molar-refractivity contribution is 0.145. The summed E-state index contributed by atoms with van der Waals surface area (Å²) in [5.74, 6) is 7.38. The van der Waals surface area contributed by atoms with Gasteiger partial charge in [-0.3, -0.25) is 10.4 Å². The van der Waals surface area contributed by atoms with Gasteiger partial charge in [-0.15, -0.1) is 0 Å². The molecular formula is C11H24N4OS. The highest BCUT2D eigenvalue weighted by molar-refractivity contribution is 8.00. The Bertz CT molecular complexity index is 220. The van der Waals surface area contributed by atoms with Gasteiger partial charge in [0.1, 0.15) is 0 Å². The monoisotopic (exact) mass is 260 g/mol. The molecule has 5 nitrogen and oxygen atoms in total. The fraction of sp³-hybridized carbons (Fsp3) is 0.909. The van der Waals surface area contributed by atoms with Gasteiger partial charge in [0.2, 0.25) is 5.96 Å². The van der Waals surface area contributed by atoms with Crippen molar-refractivity contribution in [3.8, 4) is 0 Å². The predicted octanol–water partition coefficient (Wildman–Crippen LogP) is 0.718. The van der Waals surface area contributed by atoms with Crippen molar-refractivity contribution in [3.63, 3.8) is 0 Å². The summed E-state index contributed by atoms with van der Waals surface area (Å²) >= 11 is 2.01. The summed E-state index contributed by atoms with van der Waals surface area (Å²) in [7, 11) is 0. The van der Waals surface area contributed by atoms with E-state index < -0.39 is 0 Å². The number of thioether (sulfide) groups is 1. The summed E-state index contributed by atoms with van der Waals surface area (Å²) in [4.78, 5) is 4.45. The second-order valence-electron chi connectivity index (χ2n) is 3.95. The number of hydrogen-bond acceptors (Lipinski definition) is 4. The Morgan fingerprint density at radius 3 is 3.12 bits per heavy atom. The van der Waals surface area contributed by atoms with Crippen molar-refractivity contribution in [1.82, 2.24) is 10.7 Å². The van der Waals surface area contributed by atoms with Gasteiger partial charge in [0.15, 0.2) is 0 Å². The molecule has 0 spiro atoms. The summed E-state index contributed by atoms with van der Waals surface area (Å²) < 4.78 is 5.26. The molecule has 1 unspecified atom stereocenters. The second kappa shape index (κ2) is 9.56. The number of rotatable bonds is 7. The van der Waals surface area contributed by atoms with Crippen LogP contribution in [0.4, 0.5) is 0 Å². The molecule has 1 rings (SSSR count). The van der Waals surface area contributed by atoms with Gasteiger partial charge in [0.25, 0.3) is 0 Å². The van der Waals surface area contributed by atoms with E-state index in [0.29, 0.717) is 11.2 Å². The van der Waals surface area contributed by atoms with E-state index in [1.54, 1.807) is 0 Å². The number of hydrazine groups is 1. The normalized spacial score (nSPS) is 20.6. The van der Waals surface area contributed by atoms with Crippen molar-refractivity contribution in [1.29, 1.82) is 0 Å². The predicted molar refractivity (Wildman–Crippen MR) is 74.2 cm³/mol. The van der Waals surface area contributed by atoms with E-state index in [-0.39, 0.29) is 0 Å². The molecule has 1 atom stereocenters. The molecule has 0 aromatic carbocycles. The number of aliphatic imine (C=N–C) groups is 1. The Hall–Kier alpha value is -0.460. The molecule has 0 amide bonds. The lowest BCUT2D eigenvalue weighted by Crippen LogP contribution is -2.42. The molecule has 4 N–H and O–H groups in total. The Morgan fingerprint density at radius 1 is 1.59 bits per heavy atom. The minimum atomic E-state index is 0.670. The first-order valence-electron chi connectivity index (χ1n) is 6.31. The van der Waals surface area contributed by atoms with Crippen molar-refractivity contribution in [2.24, 2.45) is 10.8 Å². The number of hydrogen-bond donors (Lipinski definition) is 3. The number of ether oxygens (including phenoxy) is 1. The van der Waals surface area contributed by atoms with E-state index in [2.05, 4.69) is 15.7 Å². The van der Waals surface area contributed by atoms with Gasteiger partial charge < -0.3 is 10.1 Å². The third-order valence-electron chi connectivity index (χ3n) is 2.58. The van der Waals surface area contributed by atoms with Crippen molar-refractivity contribution in [3.05, 3.63) is 0 Å². The molecule has 0 aliphatic carbocycles. The Morgan fingerprint density at radius 2 is 2.47 bits per heavy atom. The van der Waals surface area contributed by atoms with Crippen LogP contribution >= 0.6 is 11.8 Å². The van der Waals surface area contributed by atoms with Crippen LogP contribution in [0.5, 0.6) is 0 Å². The highest BCUT2D eigenvalue weighted by Crippen LogP contribution is 2.25. The van der Waals surface area contributed by atoms with Crippen LogP contribution in [-0.2, 0) is 4.74 Å². The molecule has 1 heterocycles. The second-order valence-corrected chi connectivity index (χ2v) is 5.35. The summed E-state index contributed by atoms with van der Waals surface area (Å²) in [5, 5.41) is 3.85. The standard InChI is InChI=1S/C11H24N4OS/c1-2-16-7-4-6-13-11(15-12)14-9-10-5-3-8-17-10/h10H,2-9,12H2,1H3,(H2,13,14,15). The topological polar surface area (TPSA) is 71.7 Å². The van der Waals surface area contributed by atoms with Crippen LogP contribution in [-0.4, -0.2) is 43.3 Å². The Kier molecular flexibility index (Phi) is 8.21. The third-order valence-corrected chi connectivity index (χ3v) is 3.96. The zero-order chi connectivity index (χ0) is 12.3. The van der Waals surface area contributed by atoms with Crippen LogP contribution < -0.4 is 16.6 Å². The summed E-state index contributed by atoms with van der Waals surface area (Å²) in [6, 6.07) is 0. The van der Waals surface area contributed by atoms with Crippen LogP contribution in [0.1, 0.15) is 26.2 Å². The number of nitrogens with one attached hydrogen (secondary N) is 2. The lowest BCUT2D eigenvalue weighted by Gasteiger charge is -2.10. The molecule has 6 heteroatoms. The van der Waals surface area contributed by atoms with Crippen LogP contribution in [0.15, 0.2) is 4.99 Å². The van der Waals surface area contributed by atoms with Crippen LogP contribution in [0.25, 0.3) is 0 Å². The number of nitrogens with two attached hydrogens (primary N) is 1. The zero-order valence-electron chi connectivity index (χ0n) is 10.6. The van der Waals surface area contributed by atoms with Crippen LogP contribution in [0.3, 0.4) is 0 Å². The molecule has 1 aliphatic heterocycles. The van der Waals surface area contributed by atoms with Crippen LogP contribution in [0, 0.1) is 0 Å². The van der Waals surface area contributed by atoms with E-state index >= 15 is 0 Å². The van der Waals surface area contributed by atoms with E-state index in [0.717, 1.165) is 32.7 Å². The molecule has 0 saturated carbocycles. The van der Waals surface area contributed by atoms with Gasteiger partial charge in [-0.2, -0.15) is 11.8 Å². The van der Waals surface area contributed by atoms with E-state index in [1.165, 1.54) is 18.6 Å². The largest absolute Gasteiger partial charge is 0.382 e. The van der Waals surface area contributed by atoms with Crippen molar-refractivity contribution in [2.45, 2.75) is 31.4 Å². The lowest BCUT2D eigenvalue weighted by atomic mass is 10.2. The Balaban J connectivity index is 2.10. The fourth-order valence-corrected chi connectivity index (χ4v) is 2.84. The van der Waals surface area contributed by atoms with Gasteiger partial charge in [0.05, 0.1) is 6.54 Å². The highest BCUT2D eigenvalue weighted by atomic mass is 32.2. The first-order chi connectivity index (χ1) is 8.36. The molecule has 0 aromatic heterocycles. The minimum Gasteiger partial charge on any atom is -0.382 e. The summed E-state index contributed by atoms with van der Waals surface area (Å²) in [6.07, 6.45) is 3.56. The number of nitrogens with zero attached hydrogens (tertiary/aromatic N) is 1. The molecule has 100 valence electrons. The molecule has 1 saturated heterocycles. The van der Waals surface area contributed by atoms with Gasteiger partial charge in [-0.1, -0.05) is 0 Å². The third kappa shape index (κ3) is 6.75. The average Bonchev–Trinajstić information content (AvgIpc) is 2.86. The molecule has 0 aromatic rings. The van der Waals surface area contributed by atoms with Gasteiger partial charge in [-0.25, -0.2) is 5.84 Å². The van der Waals surface area contributed by atoms with E-state index in [4.69, 9.17) is 10.6 Å². The first-order valence-corrected chi connectivity index (χ1v) is 7.36. The van der Waals surface area contributed by atoms with Gasteiger partial charge in [-0.05, 0) is 31.9 Å². The molecule has 0 radical (unpaired) electrons. The Labute approximate surface area is 108 Å². The summed E-state index contributed by atoms with van der Waals surface area (Å²) in [6.45, 7) is 5.24. The molecular weight excluding hydrogens is 236 g/mol. The average molecular weight is 260 g/mol. The van der Waals surface area contributed by atoms with Crippen LogP contribution in [0.2, 0.25) is 0 Å². The maximum atomic E-state index is 5.42. The maximum absolute atomic E-state index is 5.42. The van der Waals surface area contributed by atoms with Crippen molar-refractivity contribution < 1.29 is 4.74 Å². The highest BCUT2D eigenvalue weighted by Gasteiger charge is 2.14. The zero-order valence-corrected chi connectivity index (χ0v) is 11.4. The maximum Gasteiger partial charge on any atom is 0.205 e. The SMILES string of the molecule is CCOCCCNC(=NCC1CCCS1)NN. The van der Waals surface area contributed by atoms with Crippen molar-refractivity contribution in [2.75, 3.05) is 32.1 Å². The molecule has 17 heavy (non-hydrogen) atoms. The first kappa shape index (κ1) is 14.6. The molecule has 1 aliphatic rings. The molecule has 1 fully saturated rings. The smallest absolute Gasteiger partial charge is 0.205 e. The van der Waals surface area contributed by atoms with Crippen molar-refractivity contribution >= 4 is 17.7 Å². The van der Waals surface area contributed by atoms with E-state index in [1.807, 2.05) is 18.7 Å². The van der Waals surface area contributed by atoms with E-state index in [9.17, 15) is 0 Å². The van der Waals surface area contributed by atoms with Gasteiger partial charge in [0, 0.05) is 25.0 Å². The fourth-order valence-electron chi connectivity index (χ4n) is 1.66. The number of guanidine groups is 1. The minimum absolute atomic E-state index is 0.670.